The van der Waals surface area contributed by atoms with Gasteiger partial charge in [0.25, 0.3) is 0 Å². The minimum atomic E-state index is -0.304. The fraction of sp³-hybridized carbons (Fsp3) is 0.704. The van der Waals surface area contributed by atoms with Crippen LogP contribution >= 0.6 is 0 Å². The van der Waals surface area contributed by atoms with Crippen molar-refractivity contribution in [2.45, 2.75) is 90.1 Å². The number of carbonyl (C=O) groups is 2. The van der Waals surface area contributed by atoms with Crippen molar-refractivity contribution in [1.82, 2.24) is 15.1 Å². The lowest BCUT2D eigenvalue weighted by Gasteiger charge is -2.47. The summed E-state index contributed by atoms with van der Waals surface area (Å²) in [5, 5.41) is 3.33. The van der Waals surface area contributed by atoms with Crippen LogP contribution in [-0.4, -0.2) is 53.8 Å². The summed E-state index contributed by atoms with van der Waals surface area (Å²) in [6.07, 6.45) is 7.44. The van der Waals surface area contributed by atoms with E-state index in [0.717, 1.165) is 38.8 Å². The molecule has 2 heterocycles. The van der Waals surface area contributed by atoms with Gasteiger partial charge in [-0.1, -0.05) is 45.0 Å². The fourth-order valence-corrected chi connectivity index (χ4v) is 6.05. The molecule has 0 saturated carbocycles. The van der Waals surface area contributed by atoms with Crippen LogP contribution in [0.1, 0.15) is 91.2 Å². The van der Waals surface area contributed by atoms with Crippen molar-refractivity contribution in [1.29, 1.82) is 0 Å². The van der Waals surface area contributed by atoms with Crippen LogP contribution in [0.15, 0.2) is 24.3 Å². The van der Waals surface area contributed by atoms with Gasteiger partial charge >= 0.3 is 0 Å². The summed E-state index contributed by atoms with van der Waals surface area (Å²) in [5.74, 6) is 0.0225. The van der Waals surface area contributed by atoms with Crippen LogP contribution in [0.4, 0.5) is 0 Å². The lowest BCUT2D eigenvalue weighted by Crippen LogP contribution is -2.49. The number of likely N-dealkylation sites (tertiary alicyclic amines) is 2. The molecule has 2 amide bonds. The number of hydrogen-bond acceptors (Lipinski definition) is 3. The van der Waals surface area contributed by atoms with Gasteiger partial charge in [0.05, 0.1) is 6.04 Å². The summed E-state index contributed by atoms with van der Waals surface area (Å²) >= 11 is 0. The van der Waals surface area contributed by atoms with E-state index in [4.69, 9.17) is 0 Å². The van der Waals surface area contributed by atoms with Gasteiger partial charge in [0, 0.05) is 14.9 Å². The number of fused-ring (bicyclic) bond motifs is 2. The van der Waals surface area contributed by atoms with Gasteiger partial charge in [0.1, 0.15) is 6.04 Å². The van der Waals surface area contributed by atoms with Crippen molar-refractivity contribution in [3.8, 4) is 0 Å². The Morgan fingerprint density at radius 2 is 1.81 bits per heavy atom. The molecule has 5 heteroatoms. The van der Waals surface area contributed by atoms with E-state index in [1.54, 1.807) is 11.8 Å². The predicted octanol–water partition coefficient (Wildman–Crippen LogP) is 4.66. The van der Waals surface area contributed by atoms with E-state index in [9.17, 15) is 9.59 Å². The Bertz CT molecular complexity index is 842. The Hall–Kier alpha value is -1.88. The normalized spacial score (nSPS) is 25.6. The Morgan fingerprint density at radius 1 is 1.09 bits per heavy atom. The molecular formula is C27H43N3O2. The first-order chi connectivity index (χ1) is 15.2. The van der Waals surface area contributed by atoms with Gasteiger partial charge < -0.3 is 15.1 Å². The number of piperidine rings is 1. The van der Waals surface area contributed by atoms with Crippen molar-refractivity contribution in [3.05, 3.63) is 35.4 Å². The summed E-state index contributed by atoms with van der Waals surface area (Å²) in [4.78, 5) is 29.4. The van der Waals surface area contributed by atoms with Crippen molar-refractivity contribution < 1.29 is 11.0 Å². The van der Waals surface area contributed by atoms with Gasteiger partial charge in [-0.05, 0) is 86.5 Å². The molecule has 0 bridgehead atoms. The molecular weight excluding hydrogens is 398 g/mol. The summed E-state index contributed by atoms with van der Waals surface area (Å²) in [7, 11) is 0. The van der Waals surface area contributed by atoms with Crippen LogP contribution in [0, 0.1) is 5.41 Å². The molecule has 2 atom stereocenters. The number of nitrogens with zero attached hydrogens (tertiary/aromatic N) is 2. The third-order valence-corrected chi connectivity index (χ3v) is 8.09. The molecule has 4 rings (SSSR count). The van der Waals surface area contributed by atoms with Crippen LogP contribution in [0.2, 0.25) is 0 Å². The van der Waals surface area contributed by atoms with Gasteiger partial charge in [-0.25, -0.2) is 0 Å². The molecule has 5 nitrogen and oxygen atoms in total. The number of carbonyl (C=O) groups excluding carboxylic acids is 2. The minimum Gasteiger partial charge on any atom is -0.347 e. The third kappa shape index (κ3) is 4.88. The molecule has 3 aliphatic rings. The van der Waals surface area contributed by atoms with Gasteiger partial charge in [-0.2, -0.15) is 0 Å². The molecule has 1 aliphatic carbocycles. The average molecular weight is 442 g/mol. The molecule has 2 saturated heterocycles. The second kappa shape index (κ2) is 9.17. The van der Waals surface area contributed by atoms with Gasteiger partial charge in [0.15, 0.2) is 0 Å². The summed E-state index contributed by atoms with van der Waals surface area (Å²) in [6, 6.07) is 8.53. The Labute approximate surface area is 195 Å². The predicted molar refractivity (Wildman–Crippen MR) is 131 cm³/mol. The molecule has 1 aromatic carbocycles. The fourth-order valence-electron chi connectivity index (χ4n) is 6.05. The van der Waals surface area contributed by atoms with E-state index < -0.39 is 0 Å². The lowest BCUT2D eigenvalue weighted by atomic mass is 9.63. The van der Waals surface area contributed by atoms with E-state index in [2.05, 4.69) is 55.3 Å². The van der Waals surface area contributed by atoms with Crippen molar-refractivity contribution in [2.24, 2.45) is 5.41 Å². The van der Waals surface area contributed by atoms with E-state index in [1.165, 1.54) is 36.9 Å². The zero-order chi connectivity index (χ0) is 22.9. The highest BCUT2D eigenvalue weighted by atomic mass is 16.2. The zero-order valence-electron chi connectivity index (χ0n) is 20.5. The Morgan fingerprint density at radius 3 is 2.50 bits per heavy atom. The average Bonchev–Trinajstić information content (AvgIpc) is 3.26. The maximum absolute atomic E-state index is 13.1. The molecule has 1 aromatic rings. The van der Waals surface area contributed by atoms with Gasteiger partial charge in [-0.3, -0.25) is 9.59 Å². The monoisotopic (exact) mass is 441 g/mol. The Balaban J connectivity index is 0.00000306. The maximum atomic E-state index is 13.1. The molecule has 1 spiro atoms. The van der Waals surface area contributed by atoms with Crippen molar-refractivity contribution in [2.75, 3.05) is 26.2 Å². The lowest BCUT2D eigenvalue weighted by molar-refractivity contribution is -0.137. The van der Waals surface area contributed by atoms with E-state index >= 15 is 0 Å². The van der Waals surface area contributed by atoms with E-state index in [0.29, 0.717) is 12.0 Å². The number of rotatable bonds is 4. The quantitative estimate of drug-likeness (QED) is 0.739. The highest BCUT2D eigenvalue weighted by molar-refractivity contribution is 5.87. The largest absolute Gasteiger partial charge is 0.347 e. The first-order valence-corrected chi connectivity index (χ1v) is 12.6. The number of benzene rings is 1. The number of hydrogen-bond donors (Lipinski definition) is 1. The van der Waals surface area contributed by atoms with Crippen LogP contribution in [-0.2, 0) is 15.0 Å². The summed E-state index contributed by atoms with van der Waals surface area (Å²) in [5.41, 5.74) is 3.37. The molecule has 2 fully saturated rings. The smallest absolute Gasteiger partial charge is 0.243 e. The zero-order valence-corrected chi connectivity index (χ0v) is 20.5. The molecule has 32 heavy (non-hydrogen) atoms. The van der Waals surface area contributed by atoms with Gasteiger partial charge in [-0.15, -0.1) is 0 Å². The van der Waals surface area contributed by atoms with E-state index in [-0.39, 0.29) is 30.7 Å². The molecule has 178 valence electrons. The van der Waals surface area contributed by atoms with Crippen LogP contribution in [0.3, 0.4) is 0 Å². The minimum absolute atomic E-state index is 0. The second-order valence-electron chi connectivity index (χ2n) is 11.5. The van der Waals surface area contributed by atoms with Crippen LogP contribution in [0.25, 0.3) is 0 Å². The van der Waals surface area contributed by atoms with Crippen LogP contribution in [0.5, 0.6) is 0 Å². The summed E-state index contributed by atoms with van der Waals surface area (Å²) in [6.45, 7) is 12.8. The number of amides is 2. The maximum Gasteiger partial charge on any atom is 0.243 e. The molecule has 1 unspecified atom stereocenters. The van der Waals surface area contributed by atoms with Gasteiger partial charge in [0.2, 0.25) is 11.8 Å². The number of nitrogens with one attached hydrogen (secondary N) is 1. The molecule has 0 radical (unpaired) electrons. The second-order valence-corrected chi connectivity index (χ2v) is 11.5. The van der Waals surface area contributed by atoms with E-state index in [1.807, 2.05) is 0 Å². The van der Waals surface area contributed by atoms with Crippen LogP contribution < -0.4 is 5.32 Å². The SMILES string of the molecule is CC(=O)N1CCCC1C(=O)N[C@H]1CCC2(CCN(CCC(C)(C)C)CC2)c2ccccc21.[HH]. The molecule has 1 N–H and O–H groups in total. The topological polar surface area (TPSA) is 52.7 Å². The summed E-state index contributed by atoms with van der Waals surface area (Å²) < 4.78 is 0. The third-order valence-electron chi connectivity index (χ3n) is 8.09. The molecule has 2 aliphatic heterocycles. The molecule has 0 aromatic heterocycles. The van der Waals surface area contributed by atoms with Crippen molar-refractivity contribution >= 4 is 11.8 Å². The van der Waals surface area contributed by atoms with Crippen molar-refractivity contribution in [3.63, 3.8) is 0 Å². The highest BCUT2D eigenvalue weighted by Gasteiger charge is 2.43. The standard InChI is InChI=1S/C27H41N3O2.H2/c1-20(31)30-16-7-10-24(30)25(32)28-23-11-12-27(22-9-6-5-8-21(22)23)14-18-29(19-15-27)17-13-26(2,3)4;/h5-6,8-9,23-24H,7,10-19H2,1-4H3,(H,28,32);1H/t23-,24?;/m0./s1. The first kappa shape index (κ1) is 23.3. The Kier molecular flexibility index (Phi) is 6.67. The highest BCUT2D eigenvalue weighted by Crippen LogP contribution is 2.48. The first-order valence-electron chi connectivity index (χ1n) is 12.6.